The zero-order valence-electron chi connectivity index (χ0n) is 7.50. The Morgan fingerprint density at radius 2 is 1.42 bits per heavy atom. The van der Waals surface area contributed by atoms with Crippen molar-refractivity contribution >= 4 is 13.7 Å². The zero-order valence-corrected chi connectivity index (χ0v) is 8.39. The van der Waals surface area contributed by atoms with Crippen LogP contribution in [0, 0.1) is 20.8 Å². The van der Waals surface area contributed by atoms with Gasteiger partial charge in [0.1, 0.15) is 0 Å². The third-order valence-corrected chi connectivity index (χ3v) is 2.94. The minimum atomic E-state index is -1.95. The van der Waals surface area contributed by atoms with Gasteiger partial charge in [0.2, 0.25) is 0 Å². The van der Waals surface area contributed by atoms with Gasteiger partial charge in [0.05, 0.1) is 0 Å². The van der Waals surface area contributed by atoms with Crippen LogP contribution in [0.4, 0.5) is 0 Å². The molecule has 0 heterocycles. The van der Waals surface area contributed by atoms with Gasteiger partial charge in [-0.2, -0.15) is 0 Å². The van der Waals surface area contributed by atoms with Crippen LogP contribution in [0.25, 0.3) is 0 Å². The second-order valence-electron chi connectivity index (χ2n) is 3.04. The number of hydrogen-bond acceptors (Lipinski definition) is 2. The van der Waals surface area contributed by atoms with Crippen molar-refractivity contribution in [2.24, 2.45) is 0 Å². The molecule has 3 heteroatoms. The SMILES string of the molecule is Cc1cc(C)c(P(O)O)c(C)c1. The van der Waals surface area contributed by atoms with E-state index in [1.54, 1.807) is 0 Å². The molecule has 0 aliphatic rings. The van der Waals surface area contributed by atoms with Crippen molar-refractivity contribution in [3.63, 3.8) is 0 Å². The van der Waals surface area contributed by atoms with E-state index >= 15 is 0 Å². The van der Waals surface area contributed by atoms with E-state index in [2.05, 4.69) is 0 Å². The summed E-state index contributed by atoms with van der Waals surface area (Å²) >= 11 is 0. The lowest BCUT2D eigenvalue weighted by Crippen LogP contribution is -2.09. The molecule has 12 heavy (non-hydrogen) atoms. The van der Waals surface area contributed by atoms with Gasteiger partial charge < -0.3 is 9.79 Å². The minimum absolute atomic E-state index is 0.690. The highest BCUT2D eigenvalue weighted by molar-refractivity contribution is 7.54. The van der Waals surface area contributed by atoms with Crippen molar-refractivity contribution in [1.82, 2.24) is 0 Å². The standard InChI is InChI=1S/C9H13O2P/c1-6-4-7(2)9(12(10)11)8(3)5-6/h4-5,10-11H,1-3H3. The van der Waals surface area contributed by atoms with Crippen LogP contribution >= 0.6 is 8.38 Å². The first-order valence-corrected chi connectivity index (χ1v) is 5.03. The Kier molecular flexibility index (Phi) is 2.84. The van der Waals surface area contributed by atoms with Crippen molar-refractivity contribution < 1.29 is 9.79 Å². The molecule has 0 amide bonds. The molecule has 0 fully saturated rings. The molecule has 1 aromatic carbocycles. The van der Waals surface area contributed by atoms with Crippen molar-refractivity contribution in [1.29, 1.82) is 0 Å². The van der Waals surface area contributed by atoms with E-state index in [1.807, 2.05) is 32.9 Å². The molecule has 2 N–H and O–H groups in total. The van der Waals surface area contributed by atoms with Crippen LogP contribution in [0.5, 0.6) is 0 Å². The molecule has 2 nitrogen and oxygen atoms in total. The maximum Gasteiger partial charge on any atom is 0.200 e. The van der Waals surface area contributed by atoms with Crippen molar-refractivity contribution in [3.05, 3.63) is 28.8 Å². The molecule has 0 bridgehead atoms. The lowest BCUT2D eigenvalue weighted by Gasteiger charge is -2.11. The number of hydrogen-bond donors (Lipinski definition) is 2. The third-order valence-electron chi connectivity index (χ3n) is 1.84. The van der Waals surface area contributed by atoms with Crippen LogP contribution in [0.2, 0.25) is 0 Å². The topological polar surface area (TPSA) is 40.5 Å². The summed E-state index contributed by atoms with van der Waals surface area (Å²) in [6, 6.07) is 3.92. The van der Waals surface area contributed by atoms with Gasteiger partial charge >= 0.3 is 0 Å². The molecule has 0 unspecified atom stereocenters. The summed E-state index contributed by atoms with van der Waals surface area (Å²) in [5.41, 5.74) is 3.08. The van der Waals surface area contributed by atoms with Crippen molar-refractivity contribution in [3.8, 4) is 0 Å². The molecule has 0 radical (unpaired) electrons. The Hall–Kier alpha value is -0.430. The monoisotopic (exact) mass is 184 g/mol. The smallest absolute Gasteiger partial charge is 0.200 e. The molecular formula is C9H13O2P. The number of benzene rings is 1. The van der Waals surface area contributed by atoms with E-state index in [0.29, 0.717) is 5.30 Å². The Balaban J connectivity index is 3.28. The van der Waals surface area contributed by atoms with Crippen LogP contribution in [-0.4, -0.2) is 9.79 Å². The van der Waals surface area contributed by atoms with E-state index in [-0.39, 0.29) is 0 Å². The molecule has 0 saturated heterocycles. The molecule has 0 atom stereocenters. The fourth-order valence-corrected chi connectivity index (χ4v) is 2.25. The molecule has 1 rings (SSSR count). The van der Waals surface area contributed by atoms with Crippen LogP contribution in [0.15, 0.2) is 12.1 Å². The highest BCUT2D eigenvalue weighted by Gasteiger charge is 2.10. The highest BCUT2D eigenvalue weighted by atomic mass is 31.2. The lowest BCUT2D eigenvalue weighted by atomic mass is 10.1. The summed E-state index contributed by atoms with van der Waals surface area (Å²) in [6.45, 7) is 5.80. The van der Waals surface area contributed by atoms with Gasteiger partial charge in [-0.1, -0.05) is 17.7 Å². The van der Waals surface area contributed by atoms with Gasteiger partial charge in [-0.3, -0.25) is 0 Å². The summed E-state index contributed by atoms with van der Waals surface area (Å²) < 4.78 is 0. The molecular weight excluding hydrogens is 171 g/mol. The Morgan fingerprint density at radius 3 is 1.75 bits per heavy atom. The predicted molar refractivity (Wildman–Crippen MR) is 51.6 cm³/mol. The van der Waals surface area contributed by atoms with Gasteiger partial charge in [-0.15, -0.1) is 0 Å². The second-order valence-corrected chi connectivity index (χ2v) is 4.06. The first kappa shape index (κ1) is 9.66. The molecule has 0 aliphatic carbocycles. The van der Waals surface area contributed by atoms with Crippen LogP contribution in [0.1, 0.15) is 16.7 Å². The summed E-state index contributed by atoms with van der Waals surface area (Å²) in [6.07, 6.45) is 0. The van der Waals surface area contributed by atoms with Crippen molar-refractivity contribution in [2.75, 3.05) is 0 Å². The fourth-order valence-electron chi connectivity index (χ4n) is 1.49. The maximum atomic E-state index is 9.10. The van der Waals surface area contributed by atoms with Crippen molar-refractivity contribution in [2.45, 2.75) is 20.8 Å². The fraction of sp³-hybridized carbons (Fsp3) is 0.333. The van der Waals surface area contributed by atoms with Crippen LogP contribution < -0.4 is 5.30 Å². The van der Waals surface area contributed by atoms with Gasteiger partial charge in [-0.25, -0.2) is 0 Å². The Bertz CT molecular complexity index is 272. The third kappa shape index (κ3) is 1.84. The van der Waals surface area contributed by atoms with E-state index < -0.39 is 8.38 Å². The lowest BCUT2D eigenvalue weighted by molar-refractivity contribution is 0.496. The van der Waals surface area contributed by atoms with E-state index in [1.165, 1.54) is 0 Å². The average molecular weight is 184 g/mol. The summed E-state index contributed by atoms with van der Waals surface area (Å²) in [5.74, 6) is 0. The molecule has 0 saturated carbocycles. The molecule has 0 aliphatic heterocycles. The molecule has 1 aromatic rings. The minimum Gasteiger partial charge on any atom is -0.347 e. The number of rotatable bonds is 1. The summed E-state index contributed by atoms with van der Waals surface area (Å²) in [7, 11) is -1.95. The van der Waals surface area contributed by atoms with Gasteiger partial charge in [0.25, 0.3) is 0 Å². The molecule has 0 spiro atoms. The predicted octanol–water partition coefficient (Wildman–Crippen LogP) is 1.53. The Morgan fingerprint density at radius 1 is 1.00 bits per heavy atom. The first-order chi connectivity index (χ1) is 5.52. The molecule has 66 valence electrons. The zero-order chi connectivity index (χ0) is 9.30. The highest BCUT2D eigenvalue weighted by Crippen LogP contribution is 2.26. The van der Waals surface area contributed by atoms with E-state index in [9.17, 15) is 0 Å². The van der Waals surface area contributed by atoms with Gasteiger partial charge in [0, 0.05) is 5.30 Å². The summed E-state index contributed by atoms with van der Waals surface area (Å²) in [4.78, 5) is 18.2. The van der Waals surface area contributed by atoms with Crippen LogP contribution in [0.3, 0.4) is 0 Å². The quantitative estimate of drug-likeness (QED) is 0.650. The summed E-state index contributed by atoms with van der Waals surface area (Å²) in [5, 5.41) is 0.690. The normalized spacial score (nSPS) is 10.8. The largest absolute Gasteiger partial charge is 0.347 e. The maximum absolute atomic E-state index is 9.10. The first-order valence-electron chi connectivity index (χ1n) is 3.78. The average Bonchev–Trinajstić information content (AvgIpc) is 1.82. The van der Waals surface area contributed by atoms with E-state index in [0.717, 1.165) is 16.7 Å². The number of aryl methyl sites for hydroxylation is 3. The van der Waals surface area contributed by atoms with Gasteiger partial charge in [0.15, 0.2) is 8.38 Å². The van der Waals surface area contributed by atoms with Gasteiger partial charge in [-0.05, 0) is 31.9 Å². The Labute approximate surface area is 73.8 Å². The molecule has 0 aromatic heterocycles. The second kappa shape index (κ2) is 3.53. The van der Waals surface area contributed by atoms with E-state index in [4.69, 9.17) is 9.79 Å². The van der Waals surface area contributed by atoms with Crippen LogP contribution in [-0.2, 0) is 0 Å².